The van der Waals surface area contributed by atoms with E-state index in [2.05, 4.69) is 5.32 Å². The average Bonchev–Trinajstić information content (AvgIpc) is 2.48. The minimum atomic E-state index is -0.148. The quantitative estimate of drug-likeness (QED) is 0.913. The van der Waals surface area contributed by atoms with Crippen LogP contribution in [0.4, 0.5) is 0 Å². The number of ether oxygens (including phenoxy) is 2. The Hall–Kier alpha value is -2.04. The molecule has 1 amide bonds. The standard InChI is InChI=1S/C15H19NO4/c1-19-13-8-3-10(9-14(13)20-2)15(18)16-11-4-6-12(17)7-5-11/h3,8-9,11H,4-7H2,1-2H3,(H,16,18). The summed E-state index contributed by atoms with van der Waals surface area (Å²) in [5.41, 5.74) is 0.527. The van der Waals surface area contributed by atoms with Gasteiger partial charge in [-0.3, -0.25) is 9.59 Å². The molecule has 1 aliphatic carbocycles. The Balaban J connectivity index is 2.03. The van der Waals surface area contributed by atoms with E-state index in [1.165, 1.54) is 7.11 Å². The molecule has 0 atom stereocenters. The Bertz CT molecular complexity index is 503. The highest BCUT2D eigenvalue weighted by Gasteiger charge is 2.21. The van der Waals surface area contributed by atoms with Crippen molar-refractivity contribution >= 4 is 11.7 Å². The van der Waals surface area contributed by atoms with Crippen molar-refractivity contribution in [2.45, 2.75) is 31.7 Å². The summed E-state index contributed by atoms with van der Waals surface area (Å²) in [6, 6.07) is 5.14. The molecule has 1 fully saturated rings. The molecule has 0 aromatic heterocycles. The van der Waals surface area contributed by atoms with E-state index in [1.807, 2.05) is 0 Å². The van der Waals surface area contributed by atoms with Crippen LogP contribution in [0.25, 0.3) is 0 Å². The lowest BCUT2D eigenvalue weighted by Crippen LogP contribution is -2.37. The maximum atomic E-state index is 12.2. The number of amides is 1. The molecule has 0 radical (unpaired) electrons. The van der Waals surface area contributed by atoms with Gasteiger partial charge in [0.15, 0.2) is 11.5 Å². The van der Waals surface area contributed by atoms with Crippen LogP contribution in [-0.4, -0.2) is 32.0 Å². The number of nitrogens with one attached hydrogen (secondary N) is 1. The molecule has 0 bridgehead atoms. The summed E-state index contributed by atoms with van der Waals surface area (Å²) in [7, 11) is 3.09. The number of rotatable bonds is 4. The summed E-state index contributed by atoms with van der Waals surface area (Å²) in [6.07, 6.45) is 2.55. The Morgan fingerprint density at radius 1 is 1.15 bits per heavy atom. The molecule has 1 N–H and O–H groups in total. The number of ketones is 1. The molecule has 0 aliphatic heterocycles. The van der Waals surface area contributed by atoms with Gasteiger partial charge < -0.3 is 14.8 Å². The van der Waals surface area contributed by atoms with E-state index in [0.29, 0.717) is 29.9 Å². The summed E-state index contributed by atoms with van der Waals surface area (Å²) in [6.45, 7) is 0. The number of hydrogen-bond donors (Lipinski definition) is 1. The minimum Gasteiger partial charge on any atom is -0.493 e. The zero-order valence-corrected chi connectivity index (χ0v) is 11.8. The first-order valence-corrected chi connectivity index (χ1v) is 6.68. The third-order valence-corrected chi connectivity index (χ3v) is 3.52. The van der Waals surface area contributed by atoms with E-state index in [9.17, 15) is 9.59 Å². The normalized spacial score (nSPS) is 15.8. The summed E-state index contributed by atoms with van der Waals surface area (Å²) in [5, 5.41) is 2.96. The topological polar surface area (TPSA) is 64.6 Å². The molecular formula is C15H19NO4. The second-order valence-electron chi connectivity index (χ2n) is 4.86. The zero-order chi connectivity index (χ0) is 14.5. The fourth-order valence-corrected chi connectivity index (χ4v) is 2.33. The molecule has 108 valence electrons. The van der Waals surface area contributed by atoms with E-state index in [1.54, 1.807) is 25.3 Å². The SMILES string of the molecule is COc1ccc(C(=O)NC2CCC(=O)CC2)cc1OC. The van der Waals surface area contributed by atoms with Crippen LogP contribution in [0, 0.1) is 0 Å². The molecule has 1 aromatic rings. The van der Waals surface area contributed by atoms with Gasteiger partial charge in [0.05, 0.1) is 14.2 Å². The second kappa shape index (κ2) is 6.41. The summed E-state index contributed by atoms with van der Waals surface area (Å²) in [4.78, 5) is 23.3. The van der Waals surface area contributed by atoms with Gasteiger partial charge in [-0.2, -0.15) is 0 Å². The highest BCUT2D eigenvalue weighted by Crippen LogP contribution is 2.27. The Morgan fingerprint density at radius 2 is 1.80 bits per heavy atom. The van der Waals surface area contributed by atoms with Crippen molar-refractivity contribution in [3.8, 4) is 11.5 Å². The summed E-state index contributed by atoms with van der Waals surface area (Å²) >= 11 is 0. The van der Waals surface area contributed by atoms with Crippen LogP contribution in [-0.2, 0) is 4.79 Å². The Labute approximate surface area is 118 Å². The number of hydrogen-bond acceptors (Lipinski definition) is 4. The smallest absolute Gasteiger partial charge is 0.251 e. The van der Waals surface area contributed by atoms with Gasteiger partial charge in [-0.05, 0) is 31.0 Å². The van der Waals surface area contributed by atoms with Gasteiger partial charge in [-0.15, -0.1) is 0 Å². The lowest BCUT2D eigenvalue weighted by atomic mass is 9.94. The van der Waals surface area contributed by atoms with Crippen LogP contribution in [0.15, 0.2) is 18.2 Å². The number of carbonyl (C=O) groups is 2. The zero-order valence-electron chi connectivity index (χ0n) is 11.8. The van der Waals surface area contributed by atoms with Crippen molar-refractivity contribution in [2.75, 3.05) is 14.2 Å². The third-order valence-electron chi connectivity index (χ3n) is 3.52. The summed E-state index contributed by atoms with van der Waals surface area (Å²) in [5.74, 6) is 1.25. The molecular weight excluding hydrogens is 258 g/mol. The van der Waals surface area contributed by atoms with Crippen LogP contribution in [0.5, 0.6) is 11.5 Å². The molecule has 1 saturated carbocycles. The predicted molar refractivity (Wildman–Crippen MR) is 74.3 cm³/mol. The fourth-order valence-electron chi connectivity index (χ4n) is 2.33. The fraction of sp³-hybridized carbons (Fsp3) is 0.467. The second-order valence-corrected chi connectivity index (χ2v) is 4.86. The highest BCUT2D eigenvalue weighted by atomic mass is 16.5. The first-order valence-electron chi connectivity index (χ1n) is 6.68. The van der Waals surface area contributed by atoms with Crippen LogP contribution in [0.3, 0.4) is 0 Å². The highest BCUT2D eigenvalue weighted by molar-refractivity contribution is 5.95. The molecule has 5 nitrogen and oxygen atoms in total. The third kappa shape index (κ3) is 3.29. The van der Waals surface area contributed by atoms with Gasteiger partial charge in [0, 0.05) is 24.4 Å². The van der Waals surface area contributed by atoms with E-state index >= 15 is 0 Å². The van der Waals surface area contributed by atoms with Crippen LogP contribution in [0.1, 0.15) is 36.0 Å². The van der Waals surface area contributed by atoms with Crippen LogP contribution < -0.4 is 14.8 Å². The lowest BCUT2D eigenvalue weighted by Gasteiger charge is -2.22. The molecule has 0 heterocycles. The number of benzene rings is 1. The van der Waals surface area contributed by atoms with Crippen LogP contribution in [0.2, 0.25) is 0 Å². The molecule has 1 aromatic carbocycles. The monoisotopic (exact) mass is 277 g/mol. The number of Topliss-reactive ketones (excluding diaryl/α,β-unsaturated/α-hetero) is 1. The molecule has 5 heteroatoms. The van der Waals surface area contributed by atoms with Gasteiger partial charge in [-0.1, -0.05) is 0 Å². The predicted octanol–water partition coefficient (Wildman–Crippen LogP) is 1.95. The first kappa shape index (κ1) is 14.4. The van der Waals surface area contributed by atoms with Gasteiger partial charge in [-0.25, -0.2) is 0 Å². The Kier molecular flexibility index (Phi) is 4.61. The van der Waals surface area contributed by atoms with Crippen LogP contribution >= 0.6 is 0 Å². The number of methoxy groups -OCH3 is 2. The summed E-state index contributed by atoms with van der Waals surface area (Å²) < 4.78 is 10.3. The van der Waals surface area contributed by atoms with Gasteiger partial charge in [0.1, 0.15) is 5.78 Å². The molecule has 2 rings (SSSR count). The van der Waals surface area contributed by atoms with Gasteiger partial charge >= 0.3 is 0 Å². The van der Waals surface area contributed by atoms with Gasteiger partial charge in [0.2, 0.25) is 0 Å². The van der Waals surface area contributed by atoms with Gasteiger partial charge in [0.25, 0.3) is 5.91 Å². The van der Waals surface area contributed by atoms with Crippen molar-refractivity contribution in [3.63, 3.8) is 0 Å². The molecule has 20 heavy (non-hydrogen) atoms. The maximum Gasteiger partial charge on any atom is 0.251 e. The average molecular weight is 277 g/mol. The maximum absolute atomic E-state index is 12.2. The van der Waals surface area contributed by atoms with Crippen molar-refractivity contribution < 1.29 is 19.1 Å². The van der Waals surface area contributed by atoms with Crippen molar-refractivity contribution in [3.05, 3.63) is 23.8 Å². The largest absolute Gasteiger partial charge is 0.493 e. The molecule has 1 aliphatic rings. The van der Waals surface area contributed by atoms with Crippen molar-refractivity contribution in [2.24, 2.45) is 0 Å². The molecule has 0 spiro atoms. The molecule has 0 saturated heterocycles. The van der Waals surface area contributed by atoms with E-state index in [-0.39, 0.29) is 17.7 Å². The molecule has 0 unspecified atom stereocenters. The Morgan fingerprint density at radius 3 is 2.40 bits per heavy atom. The first-order chi connectivity index (χ1) is 9.63. The number of carbonyl (C=O) groups excluding carboxylic acids is 2. The minimum absolute atomic E-state index is 0.0771. The van der Waals surface area contributed by atoms with Crippen molar-refractivity contribution in [1.29, 1.82) is 0 Å². The van der Waals surface area contributed by atoms with Crippen molar-refractivity contribution in [1.82, 2.24) is 5.32 Å². The lowest BCUT2D eigenvalue weighted by molar-refractivity contribution is -0.120. The van der Waals surface area contributed by atoms with E-state index in [4.69, 9.17) is 9.47 Å². The van der Waals surface area contributed by atoms with E-state index in [0.717, 1.165) is 12.8 Å². The van der Waals surface area contributed by atoms with E-state index < -0.39 is 0 Å².